The first-order valence-electron chi connectivity index (χ1n) is 13.6. The van der Waals surface area contributed by atoms with Crippen LogP contribution in [-0.4, -0.2) is 62.8 Å². The SMILES string of the molecule is COc1ncc(-c2cc(C(F)(F)F)c3c(N)ncnn23)cc1C(=O)N[C@@H]1CN(C2CCC(C)c3ccccc32)C[C@@H]1F. The molecule has 4 aromatic rings. The van der Waals surface area contributed by atoms with E-state index >= 15 is 4.39 Å². The Morgan fingerprint density at radius 3 is 2.62 bits per heavy atom. The van der Waals surface area contributed by atoms with Crippen LogP contribution >= 0.6 is 0 Å². The summed E-state index contributed by atoms with van der Waals surface area (Å²) < 4.78 is 63.1. The Hall–Kier alpha value is -4.26. The second kappa shape index (κ2) is 10.5. The van der Waals surface area contributed by atoms with Crippen LogP contribution in [0.3, 0.4) is 0 Å². The molecule has 1 amide bonds. The van der Waals surface area contributed by atoms with Crippen LogP contribution in [0.1, 0.15) is 58.8 Å². The lowest BCUT2D eigenvalue weighted by atomic mass is 9.80. The van der Waals surface area contributed by atoms with Gasteiger partial charge in [0.15, 0.2) is 5.82 Å². The fourth-order valence-electron chi connectivity index (χ4n) is 6.20. The number of methoxy groups -OCH3 is 1. The quantitative estimate of drug-likeness (QED) is 0.325. The van der Waals surface area contributed by atoms with Crippen LogP contribution in [-0.2, 0) is 6.18 Å². The van der Waals surface area contributed by atoms with Gasteiger partial charge in [0, 0.05) is 30.9 Å². The molecule has 0 bridgehead atoms. The van der Waals surface area contributed by atoms with Crippen LogP contribution in [0.5, 0.6) is 5.88 Å². The van der Waals surface area contributed by atoms with Crippen LogP contribution in [0.15, 0.2) is 48.9 Å². The van der Waals surface area contributed by atoms with Crippen molar-refractivity contribution in [2.24, 2.45) is 0 Å². The lowest BCUT2D eigenvalue weighted by molar-refractivity contribution is -0.136. The summed E-state index contributed by atoms with van der Waals surface area (Å²) in [7, 11) is 1.32. The molecule has 0 radical (unpaired) electrons. The van der Waals surface area contributed by atoms with E-state index in [1.54, 1.807) is 0 Å². The highest BCUT2D eigenvalue weighted by atomic mass is 19.4. The maximum Gasteiger partial charge on any atom is 0.418 e. The van der Waals surface area contributed by atoms with Gasteiger partial charge in [0.1, 0.15) is 23.6 Å². The molecule has 0 saturated carbocycles. The Morgan fingerprint density at radius 2 is 1.88 bits per heavy atom. The number of ether oxygens (including phenoxy) is 1. The van der Waals surface area contributed by atoms with E-state index in [2.05, 4.69) is 44.3 Å². The maximum absolute atomic E-state index is 15.3. The average molecular weight is 584 g/mol. The Balaban J connectivity index is 1.28. The normalized spacial score (nSPS) is 22.7. The van der Waals surface area contributed by atoms with E-state index in [0.717, 1.165) is 29.8 Å². The van der Waals surface area contributed by atoms with E-state index in [0.29, 0.717) is 12.5 Å². The lowest BCUT2D eigenvalue weighted by Gasteiger charge is -2.35. The molecule has 9 nitrogen and oxygen atoms in total. The average Bonchev–Trinajstić information content (AvgIpc) is 3.54. The van der Waals surface area contributed by atoms with Crippen molar-refractivity contribution in [3.63, 3.8) is 0 Å². The summed E-state index contributed by atoms with van der Waals surface area (Å²) in [6.45, 7) is 2.67. The molecule has 1 saturated heterocycles. The number of halogens is 4. The molecule has 4 atom stereocenters. The van der Waals surface area contributed by atoms with E-state index in [4.69, 9.17) is 10.5 Å². The summed E-state index contributed by atoms with van der Waals surface area (Å²) in [5.41, 5.74) is 6.88. The van der Waals surface area contributed by atoms with E-state index < -0.39 is 35.4 Å². The van der Waals surface area contributed by atoms with Crippen LogP contribution in [0.2, 0.25) is 0 Å². The highest BCUT2D eigenvalue weighted by Gasteiger charge is 2.40. The molecule has 3 N–H and O–H groups in total. The molecule has 0 spiro atoms. The van der Waals surface area contributed by atoms with Gasteiger partial charge in [-0.05, 0) is 42.0 Å². The highest BCUT2D eigenvalue weighted by Crippen LogP contribution is 2.42. The Morgan fingerprint density at radius 1 is 1.12 bits per heavy atom. The van der Waals surface area contributed by atoms with Gasteiger partial charge in [-0.15, -0.1) is 0 Å². The fraction of sp³-hybridized carbons (Fsp3) is 0.379. The minimum absolute atomic E-state index is 0.00349. The van der Waals surface area contributed by atoms with Crippen molar-refractivity contribution in [2.45, 2.75) is 50.1 Å². The van der Waals surface area contributed by atoms with Crippen molar-refractivity contribution in [1.82, 2.24) is 29.8 Å². The number of nitrogen functional groups attached to an aromatic ring is 1. The number of aromatic nitrogens is 4. The van der Waals surface area contributed by atoms with Gasteiger partial charge < -0.3 is 15.8 Å². The van der Waals surface area contributed by atoms with Gasteiger partial charge in [-0.2, -0.15) is 18.3 Å². The molecule has 2 unspecified atom stereocenters. The van der Waals surface area contributed by atoms with Crippen molar-refractivity contribution in [3.8, 4) is 17.1 Å². The zero-order valence-corrected chi connectivity index (χ0v) is 22.9. The van der Waals surface area contributed by atoms with Crippen LogP contribution < -0.4 is 15.8 Å². The van der Waals surface area contributed by atoms with Crippen LogP contribution in [0.25, 0.3) is 16.8 Å². The standard InChI is InChI=1S/C29H29F4N7O2/c1-15-7-8-23(18-6-4-3-5-17(15)18)39-12-21(30)22(13-39)38-27(41)19-9-16(11-35-28(19)42-2)24-10-20(29(31,32)33)25-26(34)36-14-37-40(24)25/h3-6,9-11,14-15,21-23H,7-8,12-13H2,1-2H3,(H,38,41)(H2,34,36,37)/t15?,21-,22+,23?/m0/s1. The topological polar surface area (TPSA) is 111 Å². The number of carbonyl (C=O) groups excluding carboxylic acids is 1. The lowest BCUT2D eigenvalue weighted by Crippen LogP contribution is -2.42. The van der Waals surface area contributed by atoms with Crippen LogP contribution in [0, 0.1) is 0 Å². The zero-order valence-electron chi connectivity index (χ0n) is 22.9. The van der Waals surface area contributed by atoms with E-state index in [1.807, 2.05) is 12.1 Å². The summed E-state index contributed by atoms with van der Waals surface area (Å²) >= 11 is 0. The number of hydrogen-bond donors (Lipinski definition) is 2. The number of hydrogen-bond acceptors (Lipinski definition) is 7. The number of likely N-dealkylation sites (tertiary alicyclic amines) is 1. The number of nitrogens with zero attached hydrogens (tertiary/aromatic N) is 5. The molecule has 13 heteroatoms. The number of amides is 1. The summed E-state index contributed by atoms with van der Waals surface area (Å²) in [5.74, 6) is -0.628. The predicted octanol–water partition coefficient (Wildman–Crippen LogP) is 4.79. The Bertz CT molecular complexity index is 1660. The molecule has 3 aromatic heterocycles. The van der Waals surface area contributed by atoms with Crippen molar-refractivity contribution in [2.75, 3.05) is 25.9 Å². The second-order valence-corrected chi connectivity index (χ2v) is 10.8. The van der Waals surface area contributed by atoms with Gasteiger partial charge in [0.05, 0.1) is 24.4 Å². The molecule has 6 rings (SSSR count). The molecule has 220 valence electrons. The van der Waals surface area contributed by atoms with Gasteiger partial charge in [-0.25, -0.2) is 18.9 Å². The first-order valence-corrected chi connectivity index (χ1v) is 13.6. The molecule has 1 fully saturated rings. The van der Waals surface area contributed by atoms with Gasteiger partial charge >= 0.3 is 6.18 Å². The van der Waals surface area contributed by atoms with E-state index in [9.17, 15) is 18.0 Å². The first kappa shape index (κ1) is 27.9. The number of benzene rings is 1. The minimum atomic E-state index is -4.73. The number of fused-ring (bicyclic) bond motifs is 2. The molecule has 2 aliphatic rings. The number of rotatable bonds is 5. The van der Waals surface area contributed by atoms with Gasteiger partial charge in [0.2, 0.25) is 5.88 Å². The van der Waals surface area contributed by atoms with Crippen molar-refractivity contribution in [1.29, 1.82) is 0 Å². The number of nitrogens with one attached hydrogen (secondary N) is 1. The monoisotopic (exact) mass is 583 g/mol. The van der Waals surface area contributed by atoms with Gasteiger partial charge in [-0.1, -0.05) is 31.2 Å². The first-order chi connectivity index (χ1) is 20.1. The molecule has 1 aliphatic carbocycles. The van der Waals surface area contributed by atoms with E-state index in [-0.39, 0.29) is 41.1 Å². The number of nitrogens with two attached hydrogens (primary N) is 1. The molecule has 1 aliphatic heterocycles. The number of pyridine rings is 1. The predicted molar refractivity (Wildman–Crippen MR) is 147 cm³/mol. The Kier molecular flexibility index (Phi) is 7.00. The smallest absolute Gasteiger partial charge is 0.418 e. The molecule has 4 heterocycles. The van der Waals surface area contributed by atoms with Gasteiger partial charge in [-0.3, -0.25) is 9.69 Å². The molecule has 1 aromatic carbocycles. The fourth-order valence-corrected chi connectivity index (χ4v) is 6.20. The summed E-state index contributed by atoms with van der Waals surface area (Å²) in [6, 6.07) is 9.69. The summed E-state index contributed by atoms with van der Waals surface area (Å²) in [6.07, 6.45) is -1.86. The molecular weight excluding hydrogens is 554 g/mol. The van der Waals surface area contributed by atoms with Crippen molar-refractivity contribution >= 4 is 17.2 Å². The maximum atomic E-state index is 15.3. The highest BCUT2D eigenvalue weighted by molar-refractivity contribution is 5.98. The third-order valence-corrected chi connectivity index (χ3v) is 8.27. The second-order valence-electron chi connectivity index (χ2n) is 10.8. The summed E-state index contributed by atoms with van der Waals surface area (Å²) in [4.78, 5) is 23.4. The van der Waals surface area contributed by atoms with Crippen molar-refractivity contribution < 1.29 is 27.1 Å². The molecular formula is C29H29F4N7O2. The summed E-state index contributed by atoms with van der Waals surface area (Å²) in [5, 5.41) is 6.71. The third-order valence-electron chi connectivity index (χ3n) is 8.27. The van der Waals surface area contributed by atoms with E-state index in [1.165, 1.54) is 30.5 Å². The minimum Gasteiger partial charge on any atom is -0.480 e. The largest absolute Gasteiger partial charge is 0.480 e. The Labute approximate surface area is 238 Å². The zero-order chi connectivity index (χ0) is 29.8. The number of carbonyl (C=O) groups is 1. The third kappa shape index (κ3) is 4.81. The number of alkyl halides is 4. The van der Waals surface area contributed by atoms with Gasteiger partial charge in [0.25, 0.3) is 5.91 Å². The molecule has 42 heavy (non-hydrogen) atoms. The van der Waals surface area contributed by atoms with Crippen molar-refractivity contribution in [3.05, 3.63) is 71.2 Å². The van der Waals surface area contributed by atoms with Crippen LogP contribution in [0.4, 0.5) is 23.4 Å². The number of anilines is 1.